The van der Waals surface area contributed by atoms with Crippen molar-refractivity contribution in [3.8, 4) is 5.75 Å². The number of halogens is 10. The third kappa shape index (κ3) is 6.78. The molecule has 0 bridgehead atoms. The predicted octanol–water partition coefficient (Wildman–Crippen LogP) is 6.02. The summed E-state index contributed by atoms with van der Waals surface area (Å²) in [7, 11) is 0. The molecule has 7 nitrogen and oxygen atoms in total. The van der Waals surface area contributed by atoms with Crippen LogP contribution in [0.3, 0.4) is 0 Å². The Kier molecular flexibility index (Phi) is 7.71. The molecule has 0 saturated heterocycles. The van der Waals surface area contributed by atoms with Crippen molar-refractivity contribution in [1.29, 1.82) is 0 Å². The molecule has 1 aromatic heterocycles. The molecule has 0 aliphatic carbocycles. The highest BCUT2D eigenvalue weighted by Gasteiger charge is 2.71. The van der Waals surface area contributed by atoms with Crippen LogP contribution in [0.25, 0.3) is 0 Å². The van der Waals surface area contributed by atoms with Crippen molar-refractivity contribution >= 4 is 23.7 Å². The minimum absolute atomic E-state index is 0.117. The van der Waals surface area contributed by atoms with Crippen LogP contribution in [0.5, 0.6) is 5.75 Å². The molecule has 0 radical (unpaired) electrons. The van der Waals surface area contributed by atoms with Gasteiger partial charge in [0.25, 0.3) is 5.60 Å². The van der Waals surface area contributed by atoms with E-state index in [0.717, 1.165) is 36.5 Å². The number of aliphatic hydroxyl groups is 1. The smallest absolute Gasteiger partial charge is 0.406 e. The van der Waals surface area contributed by atoms with E-state index in [-0.39, 0.29) is 11.5 Å². The molecule has 204 valence electrons. The number of alkyl halides is 9. The van der Waals surface area contributed by atoms with Crippen LogP contribution in [0.1, 0.15) is 11.1 Å². The van der Waals surface area contributed by atoms with Gasteiger partial charge in [-0.05, 0) is 42.0 Å². The highest BCUT2D eigenvalue weighted by molar-refractivity contribution is 5.80. The summed E-state index contributed by atoms with van der Waals surface area (Å²) in [5.41, 5.74) is -4.17. The Morgan fingerprint density at radius 2 is 1.39 bits per heavy atom. The first-order valence-corrected chi connectivity index (χ1v) is 9.91. The first kappa shape index (κ1) is 28.4. The molecule has 2 aromatic carbocycles. The van der Waals surface area contributed by atoms with Gasteiger partial charge in [0.1, 0.15) is 11.6 Å². The van der Waals surface area contributed by atoms with Crippen LogP contribution in [0, 0.1) is 5.95 Å². The summed E-state index contributed by atoms with van der Waals surface area (Å²) < 4.78 is 132. The number of nitrogens with zero attached hydrogens (tertiary/aromatic N) is 3. The summed E-state index contributed by atoms with van der Waals surface area (Å²) in [6.07, 6.45) is -15.9. The normalized spacial score (nSPS) is 13.0. The zero-order valence-electron chi connectivity index (χ0n) is 18.3. The molecule has 0 unspecified atom stereocenters. The lowest BCUT2D eigenvalue weighted by Crippen LogP contribution is -2.53. The molecule has 0 saturated carbocycles. The van der Waals surface area contributed by atoms with Gasteiger partial charge in [0.05, 0.1) is 6.21 Å². The number of anilines is 3. The minimum Gasteiger partial charge on any atom is -0.406 e. The second-order valence-corrected chi connectivity index (χ2v) is 7.29. The quantitative estimate of drug-likeness (QED) is 0.143. The van der Waals surface area contributed by atoms with Crippen molar-refractivity contribution in [2.45, 2.75) is 24.3 Å². The fraction of sp³-hybridized carbons (Fsp3) is 0.190. The van der Waals surface area contributed by atoms with E-state index >= 15 is 0 Å². The molecule has 0 aliphatic rings. The molecule has 3 rings (SSSR count). The van der Waals surface area contributed by atoms with Crippen LogP contribution in [0.15, 0.2) is 59.7 Å². The van der Waals surface area contributed by atoms with Crippen LogP contribution < -0.4 is 15.5 Å². The first-order valence-electron chi connectivity index (χ1n) is 9.91. The summed E-state index contributed by atoms with van der Waals surface area (Å²) in [6.45, 7) is 0. The Morgan fingerprint density at radius 3 is 1.92 bits per heavy atom. The predicted molar refractivity (Wildman–Crippen MR) is 112 cm³/mol. The van der Waals surface area contributed by atoms with Crippen molar-refractivity contribution in [1.82, 2.24) is 9.97 Å². The third-order valence-corrected chi connectivity index (χ3v) is 4.58. The van der Waals surface area contributed by atoms with Crippen LogP contribution in [0.4, 0.5) is 61.4 Å². The molecule has 0 fully saturated rings. The molecule has 1 heterocycles. The van der Waals surface area contributed by atoms with E-state index in [4.69, 9.17) is 0 Å². The second-order valence-electron chi connectivity index (χ2n) is 7.29. The highest BCUT2D eigenvalue weighted by atomic mass is 19.4. The lowest BCUT2D eigenvalue weighted by Gasteiger charge is -2.32. The summed E-state index contributed by atoms with van der Waals surface area (Å²) in [5.74, 6) is -2.28. The maximum absolute atomic E-state index is 13.9. The molecule has 0 amide bonds. The number of rotatable bonds is 7. The number of hydrogen-bond donors (Lipinski definition) is 3. The molecule has 3 N–H and O–H groups in total. The molecular formula is C21H13F10N5O2. The maximum atomic E-state index is 13.9. The van der Waals surface area contributed by atoms with Crippen molar-refractivity contribution in [3.05, 3.63) is 71.7 Å². The lowest BCUT2D eigenvalue weighted by molar-refractivity contribution is -0.376. The Balaban J connectivity index is 1.71. The van der Waals surface area contributed by atoms with Crippen molar-refractivity contribution in [3.63, 3.8) is 0 Å². The van der Waals surface area contributed by atoms with Gasteiger partial charge in [0.15, 0.2) is 0 Å². The van der Waals surface area contributed by atoms with E-state index in [1.165, 1.54) is 12.1 Å². The monoisotopic (exact) mass is 557 g/mol. The summed E-state index contributed by atoms with van der Waals surface area (Å²) >= 11 is 0. The van der Waals surface area contributed by atoms with E-state index < -0.39 is 47.5 Å². The van der Waals surface area contributed by atoms with Crippen LogP contribution in [-0.2, 0) is 5.60 Å². The van der Waals surface area contributed by atoms with Gasteiger partial charge >= 0.3 is 18.7 Å². The minimum atomic E-state index is -6.06. The molecule has 0 spiro atoms. The van der Waals surface area contributed by atoms with Crippen LogP contribution in [0.2, 0.25) is 0 Å². The van der Waals surface area contributed by atoms with E-state index in [0.29, 0.717) is 17.7 Å². The Morgan fingerprint density at radius 1 is 0.816 bits per heavy atom. The molecule has 17 heteroatoms. The van der Waals surface area contributed by atoms with Crippen molar-refractivity contribution in [2.75, 3.05) is 10.7 Å². The Hall–Kier alpha value is -4.15. The topological polar surface area (TPSA) is 91.7 Å². The fourth-order valence-corrected chi connectivity index (χ4v) is 2.88. The van der Waals surface area contributed by atoms with Gasteiger partial charge in [-0.2, -0.15) is 45.8 Å². The van der Waals surface area contributed by atoms with E-state index in [9.17, 15) is 49.0 Å². The number of nitrogens with one attached hydrogen (secondary N) is 2. The number of hydrazone groups is 1. The fourth-order valence-electron chi connectivity index (χ4n) is 2.88. The zero-order valence-corrected chi connectivity index (χ0v) is 18.3. The van der Waals surface area contributed by atoms with Gasteiger partial charge < -0.3 is 15.2 Å². The SMILES string of the molecule is OC(c1ccc(Nc2cc(F)nc(NN=Cc3ccc(OC(F)(F)F)cc3)n2)cc1)(C(F)(F)F)C(F)(F)F. The van der Waals surface area contributed by atoms with Crippen molar-refractivity contribution < 1.29 is 53.7 Å². The lowest BCUT2D eigenvalue weighted by atomic mass is 9.92. The van der Waals surface area contributed by atoms with Crippen molar-refractivity contribution in [2.24, 2.45) is 5.10 Å². The van der Waals surface area contributed by atoms with Crippen LogP contribution >= 0.6 is 0 Å². The van der Waals surface area contributed by atoms with Gasteiger partial charge in [-0.3, -0.25) is 0 Å². The highest BCUT2D eigenvalue weighted by Crippen LogP contribution is 2.50. The number of aromatic nitrogens is 2. The second kappa shape index (κ2) is 10.3. The van der Waals surface area contributed by atoms with Gasteiger partial charge in [-0.1, -0.05) is 12.1 Å². The molecular weight excluding hydrogens is 544 g/mol. The van der Waals surface area contributed by atoms with E-state index in [1.807, 2.05) is 0 Å². The van der Waals surface area contributed by atoms with Gasteiger partial charge in [-0.25, -0.2) is 5.43 Å². The van der Waals surface area contributed by atoms with Gasteiger partial charge in [-0.15, -0.1) is 13.2 Å². The molecule has 0 atom stereocenters. The average Bonchev–Trinajstić information content (AvgIpc) is 2.77. The first-order chi connectivity index (χ1) is 17.5. The molecule has 38 heavy (non-hydrogen) atoms. The average molecular weight is 557 g/mol. The molecule has 3 aromatic rings. The summed E-state index contributed by atoms with van der Waals surface area (Å²) in [5, 5.41) is 15.6. The van der Waals surface area contributed by atoms with Crippen LogP contribution in [-0.4, -0.2) is 40.0 Å². The number of ether oxygens (including phenoxy) is 1. The number of benzene rings is 2. The van der Waals surface area contributed by atoms with E-state index in [1.54, 1.807) is 0 Å². The molecule has 0 aliphatic heterocycles. The standard InChI is InChI=1S/C21H13F10N5O2/c22-15-9-16(33-13-5-3-12(4-6-13)18(37,19(23,24)25)20(26,27)28)35-17(34-15)36-32-10-11-1-7-14(8-2-11)38-21(29,30)31/h1-10,37H,(H2,33,34,35,36). The maximum Gasteiger partial charge on any atom is 0.573 e. The summed E-state index contributed by atoms with van der Waals surface area (Å²) in [4.78, 5) is 7.21. The largest absolute Gasteiger partial charge is 0.573 e. The van der Waals surface area contributed by atoms with Gasteiger partial charge in [0.2, 0.25) is 11.9 Å². The Bertz CT molecular complexity index is 1260. The van der Waals surface area contributed by atoms with Gasteiger partial charge in [0, 0.05) is 17.3 Å². The zero-order chi connectivity index (χ0) is 28.4. The Labute approximate surface area is 205 Å². The summed E-state index contributed by atoms with van der Waals surface area (Å²) in [6, 6.07) is 7.57. The third-order valence-electron chi connectivity index (χ3n) is 4.58. The van der Waals surface area contributed by atoms with E-state index in [2.05, 4.69) is 30.5 Å². The number of hydrogen-bond acceptors (Lipinski definition) is 7.